The smallest absolute Gasteiger partial charge is 0.253 e. The lowest BCUT2D eigenvalue weighted by Gasteiger charge is -2.24. The lowest BCUT2D eigenvalue weighted by molar-refractivity contribution is 0.0930. The Hall–Kier alpha value is -1.70. The summed E-state index contributed by atoms with van der Waals surface area (Å²) < 4.78 is 1.45. The molecule has 7 nitrogen and oxygen atoms in total. The molecule has 3 rings (SSSR count). The Kier molecular flexibility index (Phi) is 5.70. The molecule has 2 aromatic rings. The molecule has 1 aromatic carbocycles. The summed E-state index contributed by atoms with van der Waals surface area (Å²) in [7, 11) is 0. The Morgan fingerprint density at radius 1 is 1.45 bits per heavy atom. The highest BCUT2D eigenvalue weighted by Crippen LogP contribution is 2.19. The summed E-state index contributed by atoms with van der Waals surface area (Å²) in [6.45, 7) is 1.78. The number of carbonyl (C=O) groups excluding carboxylic acids is 1. The molecule has 0 saturated carbocycles. The van der Waals surface area contributed by atoms with E-state index in [-0.39, 0.29) is 24.4 Å². The number of nitrogens with one attached hydrogen (secondary N) is 2. The van der Waals surface area contributed by atoms with Crippen molar-refractivity contribution in [2.24, 2.45) is 0 Å². The zero-order valence-corrected chi connectivity index (χ0v) is 13.3. The first-order chi connectivity index (χ1) is 10.2. The summed E-state index contributed by atoms with van der Waals surface area (Å²) in [6.07, 6.45) is 3.47. The molecule has 0 unspecified atom stereocenters. The summed E-state index contributed by atoms with van der Waals surface area (Å²) in [5.41, 5.74) is 1.06. The van der Waals surface area contributed by atoms with Gasteiger partial charge in [0, 0.05) is 17.6 Å². The van der Waals surface area contributed by atoms with Crippen molar-refractivity contribution in [3.8, 4) is 5.69 Å². The Balaban J connectivity index is 0.00000176. The Labute approximate surface area is 138 Å². The number of piperidine rings is 1. The number of carbonyl (C=O) groups is 1. The average molecular weight is 343 g/mol. The quantitative estimate of drug-likeness (QED) is 0.875. The molecule has 1 aliphatic rings. The maximum Gasteiger partial charge on any atom is 0.253 e. The fraction of sp³-hybridized carbons (Fsp3) is 0.385. The Bertz CT molecular complexity index is 627. The van der Waals surface area contributed by atoms with Crippen LogP contribution in [0.25, 0.3) is 5.69 Å². The Morgan fingerprint density at radius 3 is 3.00 bits per heavy atom. The molecular weight excluding hydrogens is 327 g/mol. The number of hydrogen-bond acceptors (Lipinski definition) is 5. The molecule has 22 heavy (non-hydrogen) atoms. The third kappa shape index (κ3) is 3.73. The van der Waals surface area contributed by atoms with E-state index in [1.807, 2.05) is 0 Å². The molecule has 1 aromatic heterocycles. The van der Waals surface area contributed by atoms with E-state index in [0.29, 0.717) is 16.3 Å². The maximum atomic E-state index is 12.5. The van der Waals surface area contributed by atoms with E-state index < -0.39 is 0 Å². The molecule has 1 fully saturated rings. The molecule has 118 valence electrons. The first-order valence-corrected chi connectivity index (χ1v) is 7.16. The number of amides is 1. The van der Waals surface area contributed by atoms with Gasteiger partial charge in [0.25, 0.3) is 5.91 Å². The molecule has 0 bridgehead atoms. The van der Waals surface area contributed by atoms with Crippen LogP contribution in [-0.4, -0.2) is 45.2 Å². The average Bonchev–Trinajstić information content (AvgIpc) is 3.02. The minimum absolute atomic E-state index is 0. The van der Waals surface area contributed by atoms with Crippen molar-refractivity contribution in [2.45, 2.75) is 18.9 Å². The molecule has 1 saturated heterocycles. The molecule has 0 spiro atoms. The zero-order valence-electron chi connectivity index (χ0n) is 11.7. The monoisotopic (exact) mass is 342 g/mol. The first-order valence-electron chi connectivity index (χ1n) is 6.78. The van der Waals surface area contributed by atoms with Gasteiger partial charge < -0.3 is 10.6 Å². The fourth-order valence-electron chi connectivity index (χ4n) is 2.40. The lowest BCUT2D eigenvalue weighted by atomic mass is 10.1. The second kappa shape index (κ2) is 7.53. The maximum absolute atomic E-state index is 12.5. The van der Waals surface area contributed by atoms with Crippen LogP contribution in [0, 0.1) is 0 Å². The molecule has 0 radical (unpaired) electrons. The van der Waals surface area contributed by atoms with Crippen LogP contribution in [0.3, 0.4) is 0 Å². The third-order valence-electron chi connectivity index (χ3n) is 3.43. The number of nitrogens with zero attached hydrogens (tertiary/aromatic N) is 4. The van der Waals surface area contributed by atoms with E-state index in [2.05, 4.69) is 26.2 Å². The van der Waals surface area contributed by atoms with Gasteiger partial charge in [-0.25, -0.2) is 0 Å². The number of hydrogen-bond donors (Lipinski definition) is 2. The minimum Gasteiger partial charge on any atom is -0.348 e. The van der Waals surface area contributed by atoms with Crippen molar-refractivity contribution in [1.82, 2.24) is 30.8 Å². The normalized spacial score (nSPS) is 17.6. The molecule has 2 N–H and O–H groups in total. The van der Waals surface area contributed by atoms with Crippen LogP contribution in [0.4, 0.5) is 0 Å². The standard InChI is InChI=1S/C13H15ClN6O.ClH/c14-9-3-4-12(20-8-16-18-19-20)11(6-9)13(21)17-10-2-1-5-15-7-10;/h3-4,6,8,10,15H,1-2,5,7H2,(H,17,21);1H/t10-;/m0./s1. The number of halogens is 2. The minimum atomic E-state index is -0.170. The van der Waals surface area contributed by atoms with Crippen molar-refractivity contribution in [2.75, 3.05) is 13.1 Å². The number of benzene rings is 1. The van der Waals surface area contributed by atoms with Crippen LogP contribution in [0.2, 0.25) is 5.02 Å². The van der Waals surface area contributed by atoms with Gasteiger partial charge in [-0.1, -0.05) is 11.6 Å². The highest BCUT2D eigenvalue weighted by molar-refractivity contribution is 6.31. The third-order valence-corrected chi connectivity index (χ3v) is 3.67. The molecule has 9 heteroatoms. The fourth-order valence-corrected chi connectivity index (χ4v) is 2.57. The van der Waals surface area contributed by atoms with Gasteiger partial charge in [0.05, 0.1) is 11.3 Å². The van der Waals surface area contributed by atoms with Crippen molar-refractivity contribution in [3.63, 3.8) is 0 Å². The molecule has 2 heterocycles. The highest BCUT2D eigenvalue weighted by atomic mass is 35.5. The van der Waals surface area contributed by atoms with Crippen molar-refractivity contribution >= 4 is 29.9 Å². The second-order valence-corrected chi connectivity index (χ2v) is 5.37. The largest absolute Gasteiger partial charge is 0.348 e. The van der Waals surface area contributed by atoms with Crippen molar-refractivity contribution < 1.29 is 4.79 Å². The van der Waals surface area contributed by atoms with Crippen molar-refractivity contribution in [3.05, 3.63) is 35.1 Å². The summed E-state index contributed by atoms with van der Waals surface area (Å²) in [6, 6.07) is 5.20. The topological polar surface area (TPSA) is 84.7 Å². The van der Waals surface area contributed by atoms with Crippen LogP contribution in [0.15, 0.2) is 24.5 Å². The van der Waals surface area contributed by atoms with E-state index in [9.17, 15) is 4.79 Å². The second-order valence-electron chi connectivity index (χ2n) is 4.93. The molecule has 1 aliphatic heterocycles. The van der Waals surface area contributed by atoms with E-state index in [0.717, 1.165) is 25.9 Å². The predicted octanol–water partition coefficient (Wildman–Crippen LogP) is 1.22. The van der Waals surface area contributed by atoms with Gasteiger partial charge >= 0.3 is 0 Å². The van der Waals surface area contributed by atoms with Crippen LogP contribution in [0.1, 0.15) is 23.2 Å². The van der Waals surface area contributed by atoms with Crippen LogP contribution in [-0.2, 0) is 0 Å². The van der Waals surface area contributed by atoms with Gasteiger partial charge in [0.2, 0.25) is 0 Å². The van der Waals surface area contributed by atoms with Crippen LogP contribution < -0.4 is 10.6 Å². The van der Waals surface area contributed by atoms with Gasteiger partial charge in [-0.15, -0.1) is 17.5 Å². The van der Waals surface area contributed by atoms with Gasteiger partial charge in [-0.3, -0.25) is 4.79 Å². The predicted molar refractivity (Wildman–Crippen MR) is 84.8 cm³/mol. The summed E-state index contributed by atoms with van der Waals surface area (Å²) in [4.78, 5) is 12.5. The first kappa shape index (κ1) is 16.7. The van der Waals surface area contributed by atoms with Gasteiger partial charge in [-0.05, 0) is 48.0 Å². The van der Waals surface area contributed by atoms with Crippen LogP contribution >= 0.6 is 24.0 Å². The number of tetrazole rings is 1. The number of rotatable bonds is 3. The molecule has 1 amide bonds. The number of aromatic nitrogens is 4. The van der Waals surface area contributed by atoms with E-state index in [4.69, 9.17) is 11.6 Å². The molecule has 1 atom stereocenters. The highest BCUT2D eigenvalue weighted by Gasteiger charge is 2.19. The molecule has 0 aliphatic carbocycles. The summed E-state index contributed by atoms with van der Waals surface area (Å²) in [5, 5.41) is 17.8. The Morgan fingerprint density at radius 2 is 2.32 bits per heavy atom. The van der Waals surface area contributed by atoms with E-state index >= 15 is 0 Å². The van der Waals surface area contributed by atoms with E-state index in [1.165, 1.54) is 11.0 Å². The molecular formula is C13H16Cl2N6O. The van der Waals surface area contributed by atoms with E-state index in [1.54, 1.807) is 18.2 Å². The summed E-state index contributed by atoms with van der Waals surface area (Å²) in [5.74, 6) is -0.170. The van der Waals surface area contributed by atoms with Gasteiger partial charge in [-0.2, -0.15) is 4.68 Å². The zero-order chi connectivity index (χ0) is 14.7. The van der Waals surface area contributed by atoms with Crippen molar-refractivity contribution in [1.29, 1.82) is 0 Å². The lowest BCUT2D eigenvalue weighted by Crippen LogP contribution is -2.45. The van der Waals surface area contributed by atoms with Crippen LogP contribution in [0.5, 0.6) is 0 Å². The summed E-state index contributed by atoms with van der Waals surface area (Å²) >= 11 is 6.01. The van der Waals surface area contributed by atoms with Gasteiger partial charge in [0.1, 0.15) is 6.33 Å². The SMILES string of the molecule is Cl.O=C(N[C@H]1CCCNC1)c1cc(Cl)ccc1-n1cnnn1. The van der Waals surface area contributed by atoms with Gasteiger partial charge in [0.15, 0.2) is 0 Å².